The summed E-state index contributed by atoms with van der Waals surface area (Å²) in [6, 6.07) is 4.15. The van der Waals surface area contributed by atoms with E-state index >= 15 is 0 Å². The van der Waals surface area contributed by atoms with E-state index < -0.39 is 0 Å². The number of nitrogens with one attached hydrogen (secondary N) is 3. The Morgan fingerprint density at radius 1 is 1.28 bits per heavy atom. The van der Waals surface area contributed by atoms with Crippen LogP contribution in [0, 0.1) is 0 Å². The van der Waals surface area contributed by atoms with Gasteiger partial charge in [0.15, 0.2) is 5.65 Å². The van der Waals surface area contributed by atoms with Gasteiger partial charge in [0, 0.05) is 42.0 Å². The number of carbonyl (C=O) groups is 1. The number of hydrogen-bond donors (Lipinski definition) is 3. The minimum atomic E-state index is -0.146. The van der Waals surface area contributed by atoms with Crippen molar-refractivity contribution in [2.75, 3.05) is 12.4 Å². The van der Waals surface area contributed by atoms with E-state index in [0.717, 1.165) is 47.8 Å². The van der Waals surface area contributed by atoms with Gasteiger partial charge in [-0.3, -0.25) is 9.20 Å². The first-order chi connectivity index (χ1) is 15.4. The second-order valence-corrected chi connectivity index (χ2v) is 8.66. The number of anilines is 1. The molecular formula is C22H26N8O2. The zero-order valence-corrected chi connectivity index (χ0v) is 18.3. The number of fused-ring (bicyclic) bond motifs is 2. The third-order valence-corrected chi connectivity index (χ3v) is 6.19. The Kier molecular flexibility index (Phi) is 4.91. The largest absolute Gasteiger partial charge is 0.480 e. The van der Waals surface area contributed by atoms with Gasteiger partial charge in [0.25, 0.3) is 0 Å². The average Bonchev–Trinajstić information content (AvgIpc) is 3.40. The van der Waals surface area contributed by atoms with Crippen LogP contribution in [0.3, 0.4) is 0 Å². The van der Waals surface area contributed by atoms with Crippen LogP contribution in [0.5, 0.6) is 5.88 Å². The third-order valence-electron chi connectivity index (χ3n) is 6.19. The number of aromatic amines is 1. The lowest BCUT2D eigenvalue weighted by Crippen LogP contribution is -2.49. The summed E-state index contributed by atoms with van der Waals surface area (Å²) in [5, 5.41) is 15.4. The summed E-state index contributed by atoms with van der Waals surface area (Å²) in [6.07, 6.45) is 9.22. The van der Waals surface area contributed by atoms with Crippen molar-refractivity contribution in [1.29, 1.82) is 0 Å². The number of ether oxygens (including phenoxy) is 1. The molecule has 0 aromatic carbocycles. The molecule has 0 bridgehead atoms. The lowest BCUT2D eigenvalue weighted by molar-refractivity contribution is -0.121. The van der Waals surface area contributed by atoms with Crippen LogP contribution < -0.4 is 15.4 Å². The van der Waals surface area contributed by atoms with E-state index in [-0.39, 0.29) is 17.5 Å². The van der Waals surface area contributed by atoms with Crippen molar-refractivity contribution in [3.63, 3.8) is 0 Å². The average molecular weight is 435 g/mol. The van der Waals surface area contributed by atoms with Crippen molar-refractivity contribution in [3.05, 3.63) is 30.9 Å². The molecule has 0 saturated heterocycles. The van der Waals surface area contributed by atoms with Crippen LogP contribution in [0.1, 0.15) is 39.5 Å². The van der Waals surface area contributed by atoms with Crippen LogP contribution in [0.4, 0.5) is 5.95 Å². The minimum absolute atomic E-state index is 0.0171. The number of methoxy groups -OCH3 is 1. The van der Waals surface area contributed by atoms with Crippen LogP contribution in [0.15, 0.2) is 30.9 Å². The predicted molar refractivity (Wildman–Crippen MR) is 121 cm³/mol. The maximum atomic E-state index is 11.5. The van der Waals surface area contributed by atoms with Crippen molar-refractivity contribution < 1.29 is 9.53 Å². The summed E-state index contributed by atoms with van der Waals surface area (Å²) in [4.78, 5) is 24.1. The molecule has 5 rings (SSSR count). The summed E-state index contributed by atoms with van der Waals surface area (Å²) >= 11 is 0. The van der Waals surface area contributed by atoms with Gasteiger partial charge in [-0.2, -0.15) is 9.97 Å². The first kappa shape index (κ1) is 20.2. The summed E-state index contributed by atoms with van der Waals surface area (Å²) in [7, 11) is 1.62. The van der Waals surface area contributed by atoms with Gasteiger partial charge in [0.1, 0.15) is 12.0 Å². The summed E-state index contributed by atoms with van der Waals surface area (Å²) in [5.74, 6) is 1.06. The van der Waals surface area contributed by atoms with Gasteiger partial charge in [-0.05, 0) is 44.7 Å². The first-order valence-electron chi connectivity index (χ1n) is 10.7. The molecule has 1 aliphatic carbocycles. The maximum absolute atomic E-state index is 11.5. The second kappa shape index (κ2) is 7.77. The topological polar surface area (TPSA) is 122 Å². The highest BCUT2D eigenvalue weighted by molar-refractivity contribution is 5.97. The zero-order valence-electron chi connectivity index (χ0n) is 18.3. The Labute approximate surface area is 184 Å². The molecule has 1 fully saturated rings. The molecule has 0 atom stereocenters. The highest BCUT2D eigenvalue weighted by Gasteiger charge is 2.32. The quantitative estimate of drug-likeness (QED) is 0.441. The number of carbonyl (C=O) groups excluding carboxylic acids is 1. The van der Waals surface area contributed by atoms with Gasteiger partial charge >= 0.3 is 0 Å². The Balaban J connectivity index is 1.40. The summed E-state index contributed by atoms with van der Waals surface area (Å²) < 4.78 is 7.51. The lowest BCUT2D eigenvalue weighted by Gasteiger charge is -2.38. The van der Waals surface area contributed by atoms with E-state index in [1.54, 1.807) is 20.4 Å². The van der Waals surface area contributed by atoms with E-state index in [4.69, 9.17) is 9.72 Å². The molecular weight excluding hydrogens is 408 g/mol. The van der Waals surface area contributed by atoms with Gasteiger partial charge in [0.05, 0.1) is 12.5 Å². The zero-order chi connectivity index (χ0) is 22.3. The van der Waals surface area contributed by atoms with E-state index in [9.17, 15) is 4.79 Å². The van der Waals surface area contributed by atoms with Crippen molar-refractivity contribution in [3.8, 4) is 17.0 Å². The van der Waals surface area contributed by atoms with Crippen molar-refractivity contribution in [2.24, 2.45) is 0 Å². The highest BCUT2D eigenvalue weighted by atomic mass is 16.5. The monoisotopic (exact) mass is 434 g/mol. The normalized spacial score (nSPS) is 21.0. The van der Waals surface area contributed by atoms with Gasteiger partial charge in [-0.1, -0.05) is 0 Å². The number of amides is 1. The van der Waals surface area contributed by atoms with Gasteiger partial charge in [-0.15, -0.1) is 10.2 Å². The fourth-order valence-corrected chi connectivity index (χ4v) is 4.56. The fraction of sp³-hybridized carbons (Fsp3) is 0.409. The number of H-pyrrole nitrogens is 1. The van der Waals surface area contributed by atoms with Crippen LogP contribution >= 0.6 is 0 Å². The molecule has 1 aliphatic rings. The molecule has 32 heavy (non-hydrogen) atoms. The molecule has 4 aromatic rings. The van der Waals surface area contributed by atoms with E-state index in [1.807, 2.05) is 28.9 Å². The van der Waals surface area contributed by atoms with Crippen LogP contribution in [-0.4, -0.2) is 54.1 Å². The Morgan fingerprint density at radius 3 is 2.84 bits per heavy atom. The maximum Gasteiger partial charge on any atom is 0.228 e. The number of pyridine rings is 1. The molecule has 4 heterocycles. The van der Waals surface area contributed by atoms with Crippen LogP contribution in [-0.2, 0) is 4.79 Å². The lowest BCUT2D eigenvalue weighted by atomic mass is 9.81. The van der Waals surface area contributed by atoms with Crippen molar-refractivity contribution in [2.45, 2.75) is 51.1 Å². The number of hydrogen-bond acceptors (Lipinski definition) is 7. The molecule has 3 N–H and O–H groups in total. The Bertz CT molecular complexity index is 1290. The highest BCUT2D eigenvalue weighted by Crippen LogP contribution is 2.35. The third kappa shape index (κ3) is 3.72. The Hall–Kier alpha value is -3.69. The molecule has 0 spiro atoms. The van der Waals surface area contributed by atoms with Gasteiger partial charge in [0.2, 0.25) is 17.7 Å². The molecule has 10 heteroatoms. The summed E-state index contributed by atoms with van der Waals surface area (Å²) in [6.45, 7) is 3.67. The van der Waals surface area contributed by atoms with Crippen LogP contribution in [0.2, 0.25) is 0 Å². The summed E-state index contributed by atoms with van der Waals surface area (Å²) in [5.41, 5.74) is 3.27. The first-order valence-corrected chi connectivity index (χ1v) is 10.7. The molecule has 0 radical (unpaired) electrons. The molecule has 1 amide bonds. The standard InChI is InChI=1S/C22H26N8O2/c1-13(31)28-22(2)8-6-15(7-9-22)25-21-26-19-18(20(27-21)32-3)16(10-23-19)14-4-5-17-29-24-12-30(17)11-14/h4-5,10-12,15H,6-9H2,1-3H3,(H,28,31)(H2,23,25,26,27)/t15-,22-. The predicted octanol–water partition coefficient (Wildman–Crippen LogP) is 2.93. The SMILES string of the molecule is COc1nc(N[C@H]2CC[C@](C)(NC(C)=O)CC2)nc2[nH]cc(-c3ccc4nncn4c3)c12. The number of nitrogens with zero attached hydrogens (tertiary/aromatic N) is 5. The Morgan fingerprint density at radius 2 is 2.09 bits per heavy atom. The molecule has 0 aliphatic heterocycles. The van der Waals surface area contributed by atoms with E-state index in [1.165, 1.54) is 0 Å². The van der Waals surface area contributed by atoms with E-state index in [2.05, 4.69) is 37.7 Å². The van der Waals surface area contributed by atoms with Crippen LogP contribution in [0.25, 0.3) is 27.8 Å². The number of aromatic nitrogens is 6. The smallest absolute Gasteiger partial charge is 0.228 e. The van der Waals surface area contributed by atoms with Gasteiger partial charge < -0.3 is 20.4 Å². The molecule has 4 aromatic heterocycles. The second-order valence-electron chi connectivity index (χ2n) is 8.66. The molecule has 10 nitrogen and oxygen atoms in total. The molecule has 0 unspecified atom stereocenters. The fourth-order valence-electron chi connectivity index (χ4n) is 4.56. The number of rotatable bonds is 5. The molecule has 1 saturated carbocycles. The van der Waals surface area contributed by atoms with Crippen molar-refractivity contribution in [1.82, 2.24) is 34.9 Å². The van der Waals surface area contributed by atoms with E-state index in [0.29, 0.717) is 17.5 Å². The van der Waals surface area contributed by atoms with Gasteiger partial charge in [-0.25, -0.2) is 0 Å². The minimum Gasteiger partial charge on any atom is -0.480 e. The van der Waals surface area contributed by atoms with Crippen molar-refractivity contribution >= 4 is 28.5 Å². The molecule has 166 valence electrons.